The van der Waals surface area contributed by atoms with Crippen LogP contribution >= 0.6 is 0 Å². The lowest BCUT2D eigenvalue weighted by Gasteiger charge is -2.25. The number of nitrogens with one attached hydrogen (secondary N) is 2. The third kappa shape index (κ3) is 2.79. The fourth-order valence-corrected chi connectivity index (χ4v) is 4.05. The van der Waals surface area contributed by atoms with Crippen LogP contribution in [0.3, 0.4) is 0 Å². The first kappa shape index (κ1) is 17.8. The van der Waals surface area contributed by atoms with Gasteiger partial charge in [-0.3, -0.25) is 9.36 Å². The number of imidazole rings is 1. The number of aromatic nitrogens is 4. The summed E-state index contributed by atoms with van der Waals surface area (Å²) in [5.74, 6) is 0.633. The third-order valence-electron chi connectivity index (χ3n) is 5.67. The molecule has 150 valence electrons. The van der Waals surface area contributed by atoms with Crippen molar-refractivity contribution < 1.29 is 9.47 Å². The SMILES string of the molecule is Cn1cc(-c2ccc3c([nH]c(=O)n3C)c2OC2CCOCC2)c2cc[nH]c2c1=O. The number of fused-ring (bicyclic) bond motifs is 2. The molecule has 2 N–H and O–H groups in total. The summed E-state index contributed by atoms with van der Waals surface area (Å²) in [6, 6.07) is 5.75. The first-order valence-corrected chi connectivity index (χ1v) is 9.68. The van der Waals surface area contributed by atoms with E-state index in [1.54, 1.807) is 29.4 Å². The molecule has 8 nitrogen and oxygen atoms in total. The standard InChI is InChI=1S/C21H22N4O4/c1-24-11-15(13-5-8-22-17(13)20(24)26)14-3-4-16-18(23-21(27)25(16)2)19(14)29-12-6-9-28-10-7-12/h3-5,8,11-12,22H,6-7,9-10H2,1-2H3,(H,23,27). The Balaban J connectivity index is 1.79. The molecule has 1 aliphatic rings. The molecule has 4 aromatic rings. The van der Waals surface area contributed by atoms with Crippen LogP contribution in [0, 0.1) is 0 Å². The highest BCUT2D eigenvalue weighted by Crippen LogP contribution is 2.39. The summed E-state index contributed by atoms with van der Waals surface area (Å²) in [6.45, 7) is 1.31. The molecule has 29 heavy (non-hydrogen) atoms. The second-order valence-electron chi connectivity index (χ2n) is 7.48. The van der Waals surface area contributed by atoms with Crippen LogP contribution in [0.4, 0.5) is 0 Å². The highest BCUT2D eigenvalue weighted by molar-refractivity contribution is 6.00. The number of pyridine rings is 1. The average molecular weight is 394 g/mol. The summed E-state index contributed by atoms with van der Waals surface area (Å²) in [6.07, 6.45) is 5.17. The Hall–Kier alpha value is -3.26. The number of rotatable bonds is 3. The summed E-state index contributed by atoms with van der Waals surface area (Å²) >= 11 is 0. The molecule has 5 rings (SSSR count). The Morgan fingerprint density at radius 3 is 2.66 bits per heavy atom. The van der Waals surface area contributed by atoms with Gasteiger partial charge in [0.25, 0.3) is 5.56 Å². The fraction of sp³-hybridized carbons (Fsp3) is 0.333. The number of aromatic amines is 2. The summed E-state index contributed by atoms with van der Waals surface area (Å²) in [5.41, 5.74) is 3.41. The molecule has 0 atom stereocenters. The fourth-order valence-electron chi connectivity index (χ4n) is 4.05. The maximum atomic E-state index is 12.5. The van der Waals surface area contributed by atoms with E-state index in [-0.39, 0.29) is 17.4 Å². The number of ether oxygens (including phenoxy) is 2. The molecule has 0 aliphatic carbocycles. The molecule has 1 aromatic carbocycles. The topological polar surface area (TPSA) is 94.0 Å². The Bertz CT molecular complexity index is 1330. The smallest absolute Gasteiger partial charge is 0.326 e. The maximum Gasteiger partial charge on any atom is 0.326 e. The van der Waals surface area contributed by atoms with Gasteiger partial charge in [-0.15, -0.1) is 0 Å². The van der Waals surface area contributed by atoms with E-state index in [0.717, 1.165) is 34.9 Å². The van der Waals surface area contributed by atoms with Crippen LogP contribution in [-0.4, -0.2) is 38.4 Å². The van der Waals surface area contributed by atoms with Crippen molar-refractivity contribution in [2.75, 3.05) is 13.2 Å². The highest BCUT2D eigenvalue weighted by Gasteiger charge is 2.23. The Morgan fingerprint density at radius 2 is 1.86 bits per heavy atom. The molecule has 0 amide bonds. The molecule has 3 aromatic heterocycles. The molecule has 4 heterocycles. The third-order valence-corrected chi connectivity index (χ3v) is 5.67. The van der Waals surface area contributed by atoms with Crippen molar-refractivity contribution in [2.24, 2.45) is 14.1 Å². The molecule has 0 bridgehead atoms. The average Bonchev–Trinajstić information content (AvgIpc) is 3.32. The van der Waals surface area contributed by atoms with Crippen molar-refractivity contribution in [3.8, 4) is 16.9 Å². The predicted octanol–water partition coefficient (Wildman–Crippen LogP) is 2.27. The lowest BCUT2D eigenvalue weighted by atomic mass is 10.0. The van der Waals surface area contributed by atoms with Crippen molar-refractivity contribution in [3.63, 3.8) is 0 Å². The summed E-state index contributed by atoms with van der Waals surface area (Å²) in [4.78, 5) is 30.7. The molecule has 1 aliphatic heterocycles. The molecule has 1 fully saturated rings. The summed E-state index contributed by atoms with van der Waals surface area (Å²) in [5, 5.41) is 0.822. The second kappa shape index (κ2) is 6.66. The van der Waals surface area contributed by atoms with E-state index in [0.29, 0.717) is 30.0 Å². The molecular formula is C21H22N4O4. The van der Waals surface area contributed by atoms with Crippen LogP contribution in [0.2, 0.25) is 0 Å². The van der Waals surface area contributed by atoms with Gasteiger partial charge in [0.2, 0.25) is 0 Å². The van der Waals surface area contributed by atoms with Gasteiger partial charge in [-0.1, -0.05) is 0 Å². The van der Waals surface area contributed by atoms with Gasteiger partial charge in [-0.2, -0.15) is 0 Å². The van der Waals surface area contributed by atoms with Gasteiger partial charge in [0.05, 0.1) is 18.7 Å². The van der Waals surface area contributed by atoms with Crippen molar-refractivity contribution in [1.82, 2.24) is 19.1 Å². The minimum atomic E-state index is -0.193. The van der Waals surface area contributed by atoms with E-state index in [1.165, 1.54) is 0 Å². The predicted molar refractivity (Wildman–Crippen MR) is 111 cm³/mol. The number of H-pyrrole nitrogens is 2. The van der Waals surface area contributed by atoms with Crippen LogP contribution in [0.5, 0.6) is 5.75 Å². The second-order valence-corrected chi connectivity index (χ2v) is 7.48. The molecular weight excluding hydrogens is 372 g/mol. The zero-order valence-electron chi connectivity index (χ0n) is 16.3. The van der Waals surface area contributed by atoms with Crippen molar-refractivity contribution in [1.29, 1.82) is 0 Å². The van der Waals surface area contributed by atoms with Gasteiger partial charge in [0.15, 0.2) is 5.75 Å². The summed E-state index contributed by atoms with van der Waals surface area (Å²) in [7, 11) is 3.46. The highest BCUT2D eigenvalue weighted by atomic mass is 16.5. The van der Waals surface area contributed by atoms with E-state index >= 15 is 0 Å². The zero-order chi connectivity index (χ0) is 20.1. The largest absolute Gasteiger partial charge is 0.487 e. The van der Waals surface area contributed by atoms with Gasteiger partial charge in [0, 0.05) is 55.8 Å². The van der Waals surface area contributed by atoms with Crippen LogP contribution in [-0.2, 0) is 18.8 Å². The van der Waals surface area contributed by atoms with Gasteiger partial charge < -0.3 is 24.0 Å². The van der Waals surface area contributed by atoms with Crippen molar-refractivity contribution >= 4 is 21.9 Å². The number of nitrogens with zero attached hydrogens (tertiary/aromatic N) is 2. The Labute approximate surface area is 165 Å². The first-order valence-electron chi connectivity index (χ1n) is 9.68. The number of hydrogen-bond donors (Lipinski definition) is 2. The van der Waals surface area contributed by atoms with E-state index in [1.807, 2.05) is 24.4 Å². The zero-order valence-corrected chi connectivity index (χ0v) is 16.3. The van der Waals surface area contributed by atoms with Crippen LogP contribution < -0.4 is 16.0 Å². The summed E-state index contributed by atoms with van der Waals surface area (Å²) < 4.78 is 15.0. The molecule has 1 saturated heterocycles. The Morgan fingerprint density at radius 1 is 1.07 bits per heavy atom. The van der Waals surface area contributed by atoms with Gasteiger partial charge in [-0.25, -0.2) is 4.79 Å². The van der Waals surface area contributed by atoms with Crippen LogP contribution in [0.1, 0.15) is 12.8 Å². The van der Waals surface area contributed by atoms with Gasteiger partial charge >= 0.3 is 5.69 Å². The lowest BCUT2D eigenvalue weighted by Crippen LogP contribution is -2.26. The van der Waals surface area contributed by atoms with Crippen LogP contribution in [0.15, 0.2) is 40.2 Å². The number of hydrogen-bond acceptors (Lipinski definition) is 4. The van der Waals surface area contributed by atoms with E-state index in [2.05, 4.69) is 9.97 Å². The molecule has 0 radical (unpaired) electrons. The van der Waals surface area contributed by atoms with E-state index < -0.39 is 0 Å². The van der Waals surface area contributed by atoms with Gasteiger partial charge in [-0.05, 0) is 18.2 Å². The van der Waals surface area contributed by atoms with E-state index in [9.17, 15) is 9.59 Å². The van der Waals surface area contributed by atoms with Gasteiger partial charge in [0.1, 0.15) is 17.1 Å². The van der Waals surface area contributed by atoms with Crippen molar-refractivity contribution in [3.05, 3.63) is 51.4 Å². The first-order chi connectivity index (χ1) is 14.0. The van der Waals surface area contributed by atoms with Crippen LogP contribution in [0.25, 0.3) is 33.1 Å². The number of benzene rings is 1. The lowest BCUT2D eigenvalue weighted by molar-refractivity contribution is 0.0263. The molecule has 0 spiro atoms. The Kier molecular flexibility index (Phi) is 4.09. The minimum Gasteiger partial charge on any atom is -0.487 e. The number of aryl methyl sites for hydroxylation is 2. The monoisotopic (exact) mass is 394 g/mol. The van der Waals surface area contributed by atoms with Crippen molar-refractivity contribution in [2.45, 2.75) is 18.9 Å². The van der Waals surface area contributed by atoms with E-state index in [4.69, 9.17) is 9.47 Å². The maximum absolute atomic E-state index is 12.5. The normalized spacial score (nSPS) is 15.4. The molecule has 0 saturated carbocycles. The minimum absolute atomic E-state index is 0.00561. The molecule has 8 heteroatoms. The quantitative estimate of drug-likeness (QED) is 0.557. The molecule has 0 unspecified atom stereocenters.